The fourth-order valence-electron chi connectivity index (χ4n) is 1.65. The second kappa shape index (κ2) is 18.4. The molecular formula is C22H34S. The molecule has 0 N–H and O–H groups in total. The molecule has 0 aliphatic heterocycles. The van der Waals surface area contributed by atoms with Crippen LogP contribution in [-0.2, 0) is 6.42 Å². The molecular weight excluding hydrogens is 296 g/mol. The fourth-order valence-corrected chi connectivity index (χ4v) is 2.30. The summed E-state index contributed by atoms with van der Waals surface area (Å²) in [5.41, 5.74) is 0. The number of hydrogen-bond acceptors (Lipinski definition) is 1. The normalized spacial score (nSPS) is 7.96. The van der Waals surface area contributed by atoms with E-state index in [0.717, 1.165) is 0 Å². The third-order valence-electron chi connectivity index (χ3n) is 2.59. The highest BCUT2D eigenvalue weighted by Crippen LogP contribution is 2.11. The average Bonchev–Trinajstić information content (AvgIpc) is 3.21. The molecule has 1 aromatic heterocycles. The summed E-state index contributed by atoms with van der Waals surface area (Å²) in [6, 6.07) is 21.0. The van der Waals surface area contributed by atoms with E-state index in [0.29, 0.717) is 0 Å². The quantitative estimate of drug-likeness (QED) is 0.421. The lowest BCUT2D eigenvalue weighted by atomic mass is 10.1. The minimum atomic E-state index is 1.18. The van der Waals surface area contributed by atoms with Gasteiger partial charge in [-0.15, -0.1) is 11.3 Å². The van der Waals surface area contributed by atoms with Crippen LogP contribution in [0.1, 0.15) is 53.3 Å². The first-order valence-electron chi connectivity index (χ1n) is 8.86. The van der Waals surface area contributed by atoms with Crippen molar-refractivity contribution in [3.05, 3.63) is 70.9 Å². The van der Waals surface area contributed by atoms with Gasteiger partial charge in [-0.25, -0.2) is 0 Å². The standard InChI is InChI=1S/C10H8.C6H8S.3C2H6/c1-2-6-10-8-4-3-7-9(10)5-1;1-2-6-4-3-5-7-6;3*1-2/h1-8H;3-5H,2H2,1H3;3*1-2H3. The second-order valence-electron chi connectivity index (χ2n) is 3.78. The van der Waals surface area contributed by atoms with E-state index in [1.807, 2.05) is 52.9 Å². The Labute approximate surface area is 148 Å². The lowest BCUT2D eigenvalue weighted by Gasteiger charge is -1.92. The van der Waals surface area contributed by atoms with Crippen LogP contribution in [0, 0.1) is 0 Å². The maximum atomic E-state index is 2.17. The molecule has 0 aliphatic carbocycles. The summed E-state index contributed by atoms with van der Waals surface area (Å²) >= 11 is 1.82. The van der Waals surface area contributed by atoms with Crippen molar-refractivity contribution in [1.82, 2.24) is 0 Å². The highest BCUT2D eigenvalue weighted by atomic mass is 32.1. The number of thiophene rings is 1. The van der Waals surface area contributed by atoms with Crippen LogP contribution in [0.3, 0.4) is 0 Å². The molecule has 0 saturated carbocycles. The van der Waals surface area contributed by atoms with Crippen LogP contribution in [0.2, 0.25) is 0 Å². The lowest BCUT2D eigenvalue weighted by molar-refractivity contribution is 1.19. The molecule has 0 fully saturated rings. The van der Waals surface area contributed by atoms with Crippen LogP contribution in [0.25, 0.3) is 10.8 Å². The van der Waals surface area contributed by atoms with Gasteiger partial charge in [0.05, 0.1) is 0 Å². The summed E-state index contributed by atoms with van der Waals surface area (Å²) in [5, 5.41) is 4.73. The molecule has 0 saturated heterocycles. The van der Waals surface area contributed by atoms with Crippen molar-refractivity contribution in [2.24, 2.45) is 0 Å². The molecule has 1 heterocycles. The molecule has 0 spiro atoms. The summed E-state index contributed by atoms with van der Waals surface area (Å²) < 4.78 is 0. The van der Waals surface area contributed by atoms with Gasteiger partial charge in [-0.05, 0) is 28.6 Å². The van der Waals surface area contributed by atoms with Gasteiger partial charge < -0.3 is 0 Å². The number of fused-ring (bicyclic) bond motifs is 1. The smallest absolute Gasteiger partial charge is 0.00424 e. The maximum absolute atomic E-state index is 2.17. The fraction of sp³-hybridized carbons (Fsp3) is 0.364. The van der Waals surface area contributed by atoms with Crippen molar-refractivity contribution in [1.29, 1.82) is 0 Å². The molecule has 0 aliphatic rings. The summed E-state index contributed by atoms with van der Waals surface area (Å²) in [6.45, 7) is 14.2. The summed E-state index contributed by atoms with van der Waals surface area (Å²) in [4.78, 5) is 1.47. The Morgan fingerprint density at radius 2 is 1.00 bits per heavy atom. The molecule has 2 aromatic carbocycles. The van der Waals surface area contributed by atoms with E-state index in [4.69, 9.17) is 0 Å². The number of benzene rings is 2. The molecule has 1 heteroatoms. The van der Waals surface area contributed by atoms with E-state index in [1.54, 1.807) is 0 Å². The molecule has 0 nitrogen and oxygen atoms in total. The molecule has 3 aromatic rings. The zero-order valence-electron chi connectivity index (χ0n) is 16.0. The first-order chi connectivity index (χ1) is 11.4. The molecule has 128 valence electrons. The minimum Gasteiger partial charge on any atom is -0.149 e. The monoisotopic (exact) mass is 330 g/mol. The Kier molecular flexibility index (Phi) is 19.0. The van der Waals surface area contributed by atoms with Crippen molar-refractivity contribution in [2.45, 2.75) is 54.9 Å². The van der Waals surface area contributed by atoms with Gasteiger partial charge in [0.2, 0.25) is 0 Å². The SMILES string of the molecule is CC.CC.CC.CCc1cccs1.c1ccc2ccccc2c1. The van der Waals surface area contributed by atoms with Gasteiger partial charge in [-0.3, -0.25) is 0 Å². The van der Waals surface area contributed by atoms with E-state index in [2.05, 4.69) is 73.0 Å². The summed E-state index contributed by atoms with van der Waals surface area (Å²) in [7, 11) is 0. The van der Waals surface area contributed by atoms with E-state index in [-0.39, 0.29) is 0 Å². The molecule has 0 bridgehead atoms. The Bertz CT molecular complexity index is 487. The van der Waals surface area contributed by atoms with Crippen molar-refractivity contribution >= 4 is 22.1 Å². The molecule has 0 atom stereocenters. The van der Waals surface area contributed by atoms with Crippen molar-refractivity contribution in [3.8, 4) is 0 Å². The van der Waals surface area contributed by atoms with Crippen LogP contribution < -0.4 is 0 Å². The van der Waals surface area contributed by atoms with Gasteiger partial charge in [-0.2, -0.15) is 0 Å². The lowest BCUT2D eigenvalue weighted by Crippen LogP contribution is -1.67. The minimum absolute atomic E-state index is 1.18. The van der Waals surface area contributed by atoms with Gasteiger partial charge in [0.1, 0.15) is 0 Å². The first-order valence-corrected chi connectivity index (χ1v) is 9.74. The molecule has 3 rings (SSSR count). The third-order valence-corrected chi connectivity index (χ3v) is 3.61. The number of rotatable bonds is 1. The van der Waals surface area contributed by atoms with E-state index in [9.17, 15) is 0 Å². The zero-order valence-corrected chi connectivity index (χ0v) is 16.8. The predicted octanol–water partition coefficient (Wildman–Crippen LogP) is 8.23. The first kappa shape index (κ1) is 23.7. The largest absolute Gasteiger partial charge is 0.149 e. The Balaban J connectivity index is 0. The van der Waals surface area contributed by atoms with Gasteiger partial charge in [0.25, 0.3) is 0 Å². The van der Waals surface area contributed by atoms with Crippen LogP contribution in [-0.4, -0.2) is 0 Å². The second-order valence-corrected chi connectivity index (χ2v) is 4.81. The third kappa shape index (κ3) is 10.7. The summed E-state index contributed by atoms with van der Waals surface area (Å²) in [5.74, 6) is 0. The zero-order chi connectivity index (χ0) is 17.9. The molecule has 23 heavy (non-hydrogen) atoms. The van der Waals surface area contributed by atoms with Gasteiger partial charge in [-0.1, -0.05) is 103 Å². The van der Waals surface area contributed by atoms with E-state index < -0.39 is 0 Å². The predicted molar refractivity (Wildman–Crippen MR) is 112 cm³/mol. The molecule has 0 amide bonds. The van der Waals surface area contributed by atoms with Crippen LogP contribution in [0.15, 0.2) is 66.0 Å². The van der Waals surface area contributed by atoms with Crippen molar-refractivity contribution in [2.75, 3.05) is 0 Å². The highest BCUT2D eigenvalue weighted by Gasteiger charge is 1.85. The van der Waals surface area contributed by atoms with Crippen molar-refractivity contribution < 1.29 is 0 Å². The van der Waals surface area contributed by atoms with Gasteiger partial charge in [0, 0.05) is 4.88 Å². The van der Waals surface area contributed by atoms with Crippen molar-refractivity contribution in [3.63, 3.8) is 0 Å². The molecule has 0 unspecified atom stereocenters. The van der Waals surface area contributed by atoms with E-state index in [1.165, 1.54) is 22.1 Å². The average molecular weight is 331 g/mol. The Morgan fingerprint density at radius 3 is 1.22 bits per heavy atom. The van der Waals surface area contributed by atoms with Gasteiger partial charge >= 0.3 is 0 Å². The van der Waals surface area contributed by atoms with Crippen LogP contribution in [0.4, 0.5) is 0 Å². The van der Waals surface area contributed by atoms with Crippen LogP contribution >= 0.6 is 11.3 Å². The summed E-state index contributed by atoms with van der Waals surface area (Å²) in [6.07, 6.45) is 1.18. The van der Waals surface area contributed by atoms with Gasteiger partial charge in [0.15, 0.2) is 0 Å². The Hall–Kier alpha value is -1.60. The van der Waals surface area contributed by atoms with E-state index >= 15 is 0 Å². The highest BCUT2D eigenvalue weighted by molar-refractivity contribution is 7.09. The topological polar surface area (TPSA) is 0 Å². The maximum Gasteiger partial charge on any atom is 0.00424 e. The molecule has 0 radical (unpaired) electrons. The number of hydrogen-bond donors (Lipinski definition) is 0. The van der Waals surface area contributed by atoms with Crippen LogP contribution in [0.5, 0.6) is 0 Å². The number of aryl methyl sites for hydroxylation is 1. The Morgan fingerprint density at radius 1 is 0.609 bits per heavy atom.